The van der Waals surface area contributed by atoms with Crippen molar-refractivity contribution < 1.29 is 9.90 Å². The maximum absolute atomic E-state index is 11.2. The molecule has 84 valence electrons. The quantitative estimate of drug-likeness (QED) is 0.777. The van der Waals surface area contributed by atoms with E-state index in [4.69, 9.17) is 11.6 Å². The summed E-state index contributed by atoms with van der Waals surface area (Å²) in [7, 11) is 0. The van der Waals surface area contributed by atoms with Crippen LogP contribution in [-0.2, 0) is 0 Å². The molecule has 17 heavy (non-hydrogen) atoms. The van der Waals surface area contributed by atoms with Gasteiger partial charge in [-0.3, -0.25) is 0 Å². The fraction of sp³-hybridized carbons (Fsp3) is 0.0714. The Morgan fingerprint density at radius 2 is 1.76 bits per heavy atom. The summed E-state index contributed by atoms with van der Waals surface area (Å²) in [5.41, 5.74) is 3.95. The van der Waals surface area contributed by atoms with E-state index in [0.29, 0.717) is 11.1 Å². The molecule has 0 amide bonds. The van der Waals surface area contributed by atoms with Crippen molar-refractivity contribution in [2.24, 2.45) is 0 Å². The SMILES string of the molecule is O=C(O)c1cccc2c1C(Cl)c1ccccc1-2. The molecule has 1 unspecified atom stereocenters. The summed E-state index contributed by atoms with van der Waals surface area (Å²) in [6.45, 7) is 0. The van der Waals surface area contributed by atoms with Crippen molar-refractivity contribution >= 4 is 17.6 Å². The summed E-state index contributed by atoms with van der Waals surface area (Å²) < 4.78 is 0. The number of alkyl halides is 1. The van der Waals surface area contributed by atoms with Gasteiger partial charge >= 0.3 is 5.97 Å². The number of fused-ring (bicyclic) bond motifs is 3. The number of carboxylic acid groups (broad SMARTS) is 1. The van der Waals surface area contributed by atoms with Crippen molar-refractivity contribution in [1.82, 2.24) is 0 Å². The average Bonchev–Trinajstić information content (AvgIpc) is 2.64. The lowest BCUT2D eigenvalue weighted by atomic mass is 10.0. The number of halogens is 1. The predicted octanol–water partition coefficient (Wildman–Crippen LogP) is 3.69. The molecule has 0 radical (unpaired) electrons. The third kappa shape index (κ3) is 1.38. The second-order valence-electron chi connectivity index (χ2n) is 4.02. The number of carboxylic acids is 1. The molecule has 0 saturated carbocycles. The van der Waals surface area contributed by atoms with Gasteiger partial charge in [-0.1, -0.05) is 36.4 Å². The monoisotopic (exact) mass is 244 g/mol. The first kappa shape index (κ1) is 10.4. The molecule has 1 aliphatic rings. The van der Waals surface area contributed by atoms with E-state index >= 15 is 0 Å². The number of aromatic carboxylic acids is 1. The summed E-state index contributed by atoms with van der Waals surface area (Å²) in [5.74, 6) is -0.930. The number of rotatable bonds is 1. The van der Waals surface area contributed by atoms with Crippen LogP contribution in [0.25, 0.3) is 11.1 Å². The normalized spacial score (nSPS) is 16.4. The molecular weight excluding hydrogens is 236 g/mol. The minimum Gasteiger partial charge on any atom is -0.478 e. The van der Waals surface area contributed by atoms with Crippen molar-refractivity contribution in [2.75, 3.05) is 0 Å². The zero-order valence-electron chi connectivity index (χ0n) is 8.85. The lowest BCUT2D eigenvalue weighted by Gasteiger charge is -2.07. The molecule has 0 aromatic heterocycles. The Hall–Kier alpha value is -1.80. The van der Waals surface area contributed by atoms with Crippen LogP contribution in [0.1, 0.15) is 26.9 Å². The molecular formula is C14H9ClO2. The van der Waals surface area contributed by atoms with Gasteiger partial charge in [0.25, 0.3) is 0 Å². The third-order valence-corrected chi connectivity index (χ3v) is 3.57. The summed E-state index contributed by atoms with van der Waals surface area (Å²) in [5, 5.41) is 8.82. The highest BCUT2D eigenvalue weighted by molar-refractivity contribution is 6.25. The first-order valence-electron chi connectivity index (χ1n) is 5.29. The van der Waals surface area contributed by atoms with Gasteiger partial charge in [-0.15, -0.1) is 11.6 Å². The molecule has 0 spiro atoms. The van der Waals surface area contributed by atoms with Gasteiger partial charge in [0.1, 0.15) is 0 Å². The van der Waals surface area contributed by atoms with Gasteiger partial charge in [0.15, 0.2) is 0 Å². The van der Waals surface area contributed by atoms with Gasteiger partial charge in [0.05, 0.1) is 10.9 Å². The fourth-order valence-electron chi connectivity index (χ4n) is 2.38. The van der Waals surface area contributed by atoms with Crippen molar-refractivity contribution in [3.05, 3.63) is 59.2 Å². The maximum Gasteiger partial charge on any atom is 0.336 e. The molecule has 2 nitrogen and oxygen atoms in total. The first-order valence-corrected chi connectivity index (χ1v) is 5.73. The smallest absolute Gasteiger partial charge is 0.336 e. The van der Waals surface area contributed by atoms with Crippen molar-refractivity contribution in [2.45, 2.75) is 5.38 Å². The second-order valence-corrected chi connectivity index (χ2v) is 4.46. The number of carbonyl (C=O) groups is 1. The number of hydrogen-bond donors (Lipinski definition) is 1. The highest BCUT2D eigenvalue weighted by atomic mass is 35.5. The Morgan fingerprint density at radius 3 is 2.53 bits per heavy atom. The molecule has 3 heteroatoms. The summed E-state index contributed by atoms with van der Waals surface area (Å²) in [4.78, 5) is 11.2. The Labute approximate surface area is 103 Å². The summed E-state index contributed by atoms with van der Waals surface area (Å²) in [6, 6.07) is 13.0. The lowest BCUT2D eigenvalue weighted by Crippen LogP contribution is -2.02. The molecule has 1 aliphatic carbocycles. The molecule has 0 bridgehead atoms. The Kier molecular flexibility index (Phi) is 2.20. The van der Waals surface area contributed by atoms with Crippen LogP contribution in [0.3, 0.4) is 0 Å². The van der Waals surface area contributed by atoms with Crippen molar-refractivity contribution in [3.63, 3.8) is 0 Å². The van der Waals surface area contributed by atoms with Gasteiger partial charge in [-0.05, 0) is 28.3 Å². The van der Waals surface area contributed by atoms with Crippen LogP contribution in [0, 0.1) is 0 Å². The minimum atomic E-state index is -0.930. The molecule has 3 rings (SSSR count). The van der Waals surface area contributed by atoms with Gasteiger partial charge in [0, 0.05) is 0 Å². The van der Waals surface area contributed by atoms with Crippen LogP contribution in [-0.4, -0.2) is 11.1 Å². The molecule has 2 aromatic rings. The zero-order chi connectivity index (χ0) is 12.0. The van der Waals surface area contributed by atoms with Crippen LogP contribution >= 0.6 is 11.6 Å². The van der Waals surface area contributed by atoms with Gasteiger partial charge in [0.2, 0.25) is 0 Å². The average molecular weight is 245 g/mol. The van der Waals surface area contributed by atoms with Crippen LogP contribution in [0.5, 0.6) is 0 Å². The fourth-order valence-corrected chi connectivity index (χ4v) is 2.80. The molecule has 0 aliphatic heterocycles. The van der Waals surface area contributed by atoms with Gasteiger partial charge in [-0.2, -0.15) is 0 Å². The molecule has 1 atom stereocenters. The zero-order valence-corrected chi connectivity index (χ0v) is 9.61. The largest absolute Gasteiger partial charge is 0.478 e. The van der Waals surface area contributed by atoms with Gasteiger partial charge < -0.3 is 5.11 Å². The number of benzene rings is 2. The van der Waals surface area contributed by atoms with Crippen LogP contribution in [0.15, 0.2) is 42.5 Å². The van der Waals surface area contributed by atoms with Gasteiger partial charge in [-0.25, -0.2) is 4.79 Å². The van der Waals surface area contributed by atoms with E-state index in [2.05, 4.69) is 0 Å². The summed E-state index contributed by atoms with van der Waals surface area (Å²) in [6.07, 6.45) is 0. The van der Waals surface area contributed by atoms with Crippen molar-refractivity contribution in [1.29, 1.82) is 0 Å². The molecule has 1 N–H and O–H groups in total. The number of hydrogen-bond acceptors (Lipinski definition) is 1. The standard InChI is InChI=1S/C14H9ClO2/c15-13-10-5-2-1-4-8(10)9-6-3-7-11(12(9)13)14(16)17/h1-7,13H,(H,16,17). The van der Waals surface area contributed by atoms with E-state index in [0.717, 1.165) is 16.7 Å². The highest BCUT2D eigenvalue weighted by Crippen LogP contribution is 2.48. The Balaban J connectivity index is 2.34. The molecule has 0 saturated heterocycles. The van der Waals surface area contributed by atoms with E-state index in [1.165, 1.54) is 0 Å². The molecule has 0 heterocycles. The lowest BCUT2D eigenvalue weighted by molar-refractivity contribution is 0.0696. The third-order valence-electron chi connectivity index (χ3n) is 3.11. The Morgan fingerprint density at radius 1 is 1.06 bits per heavy atom. The summed E-state index contributed by atoms with van der Waals surface area (Å²) >= 11 is 6.36. The predicted molar refractivity (Wildman–Crippen MR) is 66.5 cm³/mol. The van der Waals surface area contributed by atoms with E-state index in [1.807, 2.05) is 30.3 Å². The van der Waals surface area contributed by atoms with E-state index in [-0.39, 0.29) is 5.38 Å². The van der Waals surface area contributed by atoms with E-state index in [9.17, 15) is 9.90 Å². The van der Waals surface area contributed by atoms with Crippen molar-refractivity contribution in [3.8, 4) is 11.1 Å². The molecule has 0 fully saturated rings. The molecule has 2 aromatic carbocycles. The first-order chi connectivity index (χ1) is 8.20. The van der Waals surface area contributed by atoms with Crippen LogP contribution < -0.4 is 0 Å². The van der Waals surface area contributed by atoms with E-state index in [1.54, 1.807) is 12.1 Å². The Bertz CT molecular complexity index is 619. The topological polar surface area (TPSA) is 37.3 Å². The van der Waals surface area contributed by atoms with E-state index < -0.39 is 5.97 Å². The minimum absolute atomic E-state index is 0.290. The highest BCUT2D eigenvalue weighted by Gasteiger charge is 2.30. The second kappa shape index (κ2) is 3.60. The van der Waals surface area contributed by atoms with Crippen LogP contribution in [0.2, 0.25) is 0 Å². The van der Waals surface area contributed by atoms with Crippen LogP contribution in [0.4, 0.5) is 0 Å². The maximum atomic E-state index is 11.2.